The van der Waals surface area contributed by atoms with Crippen LogP contribution in [0.5, 0.6) is 0 Å². The van der Waals surface area contributed by atoms with Gasteiger partial charge in [0.2, 0.25) is 0 Å². The van der Waals surface area contributed by atoms with Crippen molar-refractivity contribution in [3.05, 3.63) is 0 Å². The van der Waals surface area contributed by atoms with Gasteiger partial charge in [0, 0.05) is 26.2 Å². The van der Waals surface area contributed by atoms with Crippen LogP contribution >= 0.6 is 0 Å². The molecule has 176 valence electrons. The molecule has 0 aromatic heterocycles. The molecule has 11 N–H and O–H groups in total. The van der Waals surface area contributed by atoms with E-state index < -0.39 is 60.5 Å². The number of carboxylic acids is 4. The van der Waals surface area contributed by atoms with Crippen LogP contribution in [0, 0.1) is 0 Å². The standard InChI is InChI=1S/C10H16N2O8.H3NO.2Na.H2O4S.2H2O/c13-7(14)3-11(4-8(15)16)1-2-12(5-9(17)18)6-10(19)20;1-2;;;1-5(2,3)4;;/h1-6H2,(H,13,14)(H,15,16)(H,17,18)(H,19,20);2H,1H2;;;(H2,1,2,3,4);2*1H2/q;;2*+1;;;/p-2. The summed E-state index contributed by atoms with van der Waals surface area (Å²) in [6, 6.07) is 0. The fraction of sp³-hybridized carbons (Fsp3) is 0.600. The van der Waals surface area contributed by atoms with Crippen LogP contribution in [-0.4, -0.2) is 117 Å². The van der Waals surface area contributed by atoms with Crippen molar-refractivity contribution in [3.63, 3.8) is 0 Å². The minimum absolute atomic E-state index is 0. The van der Waals surface area contributed by atoms with Gasteiger partial charge in [0.15, 0.2) is 0 Å². The van der Waals surface area contributed by atoms with Crippen LogP contribution in [0.2, 0.25) is 0 Å². The van der Waals surface area contributed by atoms with Crippen LogP contribution < -0.4 is 75.2 Å². The van der Waals surface area contributed by atoms with Gasteiger partial charge in [-0.25, -0.2) is 5.90 Å². The molecule has 0 amide bonds. The molecule has 0 spiro atoms. The van der Waals surface area contributed by atoms with Crippen molar-refractivity contribution in [2.45, 2.75) is 0 Å². The van der Waals surface area contributed by atoms with E-state index in [0.717, 1.165) is 9.80 Å². The molecule has 0 rings (SSSR count). The predicted octanol–water partition coefficient (Wildman–Crippen LogP) is -13.7. The van der Waals surface area contributed by atoms with E-state index in [2.05, 4.69) is 5.90 Å². The van der Waals surface area contributed by atoms with Gasteiger partial charge in [0.25, 0.3) is 0 Å². The molecule has 0 saturated carbocycles. The Morgan fingerprint density at radius 1 is 0.710 bits per heavy atom. The molecule has 0 fully saturated rings. The Hall–Kier alpha value is -0.490. The van der Waals surface area contributed by atoms with E-state index in [4.69, 9.17) is 32.9 Å². The van der Waals surface area contributed by atoms with Gasteiger partial charge in [0.05, 0.1) is 25.0 Å². The minimum Gasteiger partial charge on any atom is -0.549 e. The predicted molar refractivity (Wildman–Crippen MR) is 85.5 cm³/mol. The van der Waals surface area contributed by atoms with Crippen molar-refractivity contribution in [3.8, 4) is 0 Å². The second-order valence-electron chi connectivity index (χ2n) is 4.40. The largest absolute Gasteiger partial charge is 1.00 e. The van der Waals surface area contributed by atoms with Gasteiger partial charge >= 0.3 is 81.5 Å². The van der Waals surface area contributed by atoms with Gasteiger partial charge < -0.3 is 46.2 Å². The molecule has 0 aliphatic rings. The molecule has 31 heavy (non-hydrogen) atoms. The van der Waals surface area contributed by atoms with Crippen molar-refractivity contribution >= 4 is 34.3 Å². The summed E-state index contributed by atoms with van der Waals surface area (Å²) >= 11 is 0. The Morgan fingerprint density at radius 3 is 1.06 bits per heavy atom. The summed E-state index contributed by atoms with van der Waals surface area (Å²) in [4.78, 5) is 43.9. The van der Waals surface area contributed by atoms with Gasteiger partial charge in [0.1, 0.15) is 0 Å². The van der Waals surface area contributed by atoms with Gasteiger partial charge in [-0.1, -0.05) is 0 Å². The smallest absolute Gasteiger partial charge is 0.549 e. The first-order valence-corrected chi connectivity index (χ1v) is 7.84. The topological polar surface area (TPSA) is 345 Å². The number of hydrogen-bond acceptors (Lipinski definition) is 12. The number of carbonyl (C=O) groups excluding carboxylic acids is 2. The zero-order valence-corrected chi connectivity index (χ0v) is 21.4. The van der Waals surface area contributed by atoms with E-state index in [1.54, 1.807) is 0 Å². The number of hydrogen-bond donors (Lipinski definition) is 6. The van der Waals surface area contributed by atoms with E-state index in [-0.39, 0.29) is 83.2 Å². The number of aliphatic carboxylic acids is 4. The molecule has 18 nitrogen and oxygen atoms in total. The van der Waals surface area contributed by atoms with Crippen molar-refractivity contribution in [2.75, 3.05) is 39.3 Å². The summed E-state index contributed by atoms with van der Waals surface area (Å²) in [5.74, 6) is -2.02. The first-order valence-electron chi connectivity index (χ1n) is 6.44. The molecular formula is C10H23N3Na2O15S. The maximum absolute atomic E-state index is 10.5. The van der Waals surface area contributed by atoms with Gasteiger partial charge in [-0.15, -0.1) is 0 Å². The van der Waals surface area contributed by atoms with Gasteiger partial charge in [-0.3, -0.25) is 28.5 Å². The van der Waals surface area contributed by atoms with E-state index in [1.165, 1.54) is 0 Å². The van der Waals surface area contributed by atoms with Crippen LogP contribution in [0.15, 0.2) is 0 Å². The maximum atomic E-state index is 10.5. The molecule has 0 unspecified atom stereocenters. The molecular weight excluding hydrogens is 480 g/mol. The Morgan fingerprint density at radius 2 is 0.903 bits per heavy atom. The number of nitrogens with two attached hydrogens (primary N) is 1. The summed E-state index contributed by atoms with van der Waals surface area (Å²) in [7, 11) is -4.67. The number of rotatable bonds is 11. The van der Waals surface area contributed by atoms with Crippen molar-refractivity contribution in [2.24, 2.45) is 5.90 Å². The third-order valence-electron chi connectivity index (χ3n) is 2.16. The molecule has 0 aliphatic carbocycles. The normalized spacial score (nSPS) is 8.97. The SMILES string of the molecule is NO.O.O.O=C([O-])CN(CCN(CC(=O)O)CC(=O)O)CC(=O)[O-].O=S(=O)(O)O.[Na+].[Na+]. The minimum atomic E-state index is -4.67. The number of carboxylic acid groups (broad SMARTS) is 4. The first kappa shape index (κ1) is 48.1. The second-order valence-corrected chi connectivity index (χ2v) is 5.30. The third kappa shape index (κ3) is 53.1. The van der Waals surface area contributed by atoms with E-state index in [1.807, 2.05) is 0 Å². The molecule has 0 saturated heterocycles. The molecule has 0 aromatic carbocycles. The van der Waals surface area contributed by atoms with Crippen molar-refractivity contribution in [1.82, 2.24) is 9.80 Å². The fourth-order valence-electron chi connectivity index (χ4n) is 1.46. The van der Waals surface area contributed by atoms with Crippen LogP contribution in [0.1, 0.15) is 0 Å². The summed E-state index contributed by atoms with van der Waals surface area (Å²) in [5.41, 5.74) is 0. The zero-order chi connectivity index (χ0) is 22.2. The summed E-state index contributed by atoms with van der Waals surface area (Å²) in [6.07, 6.45) is 0. The molecule has 0 aromatic rings. The van der Waals surface area contributed by atoms with Crippen LogP contribution in [-0.2, 0) is 29.6 Å². The second kappa shape index (κ2) is 27.5. The summed E-state index contributed by atoms with van der Waals surface area (Å²) < 4.78 is 31.6. The van der Waals surface area contributed by atoms with Crippen LogP contribution in [0.25, 0.3) is 0 Å². The number of nitrogens with zero attached hydrogens (tertiary/aromatic N) is 2. The van der Waals surface area contributed by atoms with Gasteiger partial charge in [-0.05, 0) is 0 Å². The van der Waals surface area contributed by atoms with E-state index in [0.29, 0.717) is 0 Å². The zero-order valence-electron chi connectivity index (χ0n) is 16.6. The number of carbonyl (C=O) groups is 4. The Balaban J connectivity index is -0.0000000919. The average molecular weight is 503 g/mol. The Labute approximate surface area is 220 Å². The van der Waals surface area contributed by atoms with E-state index >= 15 is 0 Å². The monoisotopic (exact) mass is 503 g/mol. The maximum Gasteiger partial charge on any atom is 1.00 e. The Bertz CT molecular complexity index is 516. The summed E-state index contributed by atoms with van der Waals surface area (Å²) in [5, 5.41) is 44.5. The van der Waals surface area contributed by atoms with Gasteiger partial charge in [-0.2, -0.15) is 8.42 Å². The molecule has 0 aliphatic heterocycles. The van der Waals surface area contributed by atoms with E-state index in [9.17, 15) is 29.4 Å². The summed E-state index contributed by atoms with van der Waals surface area (Å²) in [6.45, 7) is -2.75. The molecule has 0 radical (unpaired) electrons. The van der Waals surface area contributed by atoms with Crippen molar-refractivity contribution < 1.29 is 132 Å². The molecule has 0 bridgehead atoms. The fourth-order valence-corrected chi connectivity index (χ4v) is 1.46. The molecule has 21 heteroatoms. The van der Waals surface area contributed by atoms with Crippen molar-refractivity contribution in [1.29, 1.82) is 0 Å². The third-order valence-corrected chi connectivity index (χ3v) is 2.16. The quantitative estimate of drug-likeness (QED) is 0.0865. The van der Waals surface area contributed by atoms with Crippen LogP contribution in [0.4, 0.5) is 0 Å². The Kier molecular flexibility index (Phi) is 42.7. The first-order chi connectivity index (χ1) is 12.2. The molecule has 0 heterocycles. The average Bonchev–Trinajstić information content (AvgIpc) is 2.42. The van der Waals surface area contributed by atoms with Crippen LogP contribution in [0.3, 0.4) is 0 Å². The molecule has 0 atom stereocenters.